The molecule has 1 saturated heterocycles. The van der Waals surface area contributed by atoms with Crippen LogP contribution in [-0.4, -0.2) is 13.1 Å². The Morgan fingerprint density at radius 2 is 2.21 bits per heavy atom. The monoisotopic (exact) mass is 194 g/mol. The Bertz CT molecular complexity index is 308. The lowest BCUT2D eigenvalue weighted by molar-refractivity contribution is 0.450. The molecule has 0 aromatic heterocycles. The van der Waals surface area contributed by atoms with Gasteiger partial charge in [0, 0.05) is 11.6 Å². The molecule has 1 fully saturated rings. The summed E-state index contributed by atoms with van der Waals surface area (Å²) < 4.78 is 13.4. The first-order valence-electron chi connectivity index (χ1n) is 5.00. The van der Waals surface area contributed by atoms with Gasteiger partial charge in [-0.25, -0.2) is 4.39 Å². The van der Waals surface area contributed by atoms with Crippen molar-refractivity contribution in [1.29, 1.82) is 0 Å². The fraction of sp³-hybridized carbons (Fsp3) is 0.455. The predicted molar refractivity (Wildman–Crippen MR) is 54.3 cm³/mol. The van der Waals surface area contributed by atoms with Crippen molar-refractivity contribution in [3.8, 4) is 0 Å². The molecule has 0 saturated carbocycles. The third-order valence-corrected chi connectivity index (χ3v) is 2.87. The largest absolute Gasteiger partial charge is 0.324 e. The normalized spacial score (nSPS) is 23.7. The van der Waals surface area contributed by atoms with Crippen molar-refractivity contribution in [3.63, 3.8) is 0 Å². The van der Waals surface area contributed by atoms with E-state index in [4.69, 9.17) is 5.73 Å². The molecule has 0 bridgehead atoms. The van der Waals surface area contributed by atoms with Crippen LogP contribution in [0.15, 0.2) is 24.3 Å². The Balaban J connectivity index is 2.17. The summed E-state index contributed by atoms with van der Waals surface area (Å²) >= 11 is 0. The molecule has 3 N–H and O–H groups in total. The molecule has 1 aromatic carbocycles. The van der Waals surface area contributed by atoms with E-state index < -0.39 is 0 Å². The van der Waals surface area contributed by atoms with Crippen molar-refractivity contribution < 1.29 is 4.39 Å². The summed E-state index contributed by atoms with van der Waals surface area (Å²) in [6.45, 7) is 1.89. The van der Waals surface area contributed by atoms with Gasteiger partial charge in [0.1, 0.15) is 5.82 Å². The third kappa shape index (κ3) is 1.79. The van der Waals surface area contributed by atoms with Crippen molar-refractivity contribution >= 4 is 0 Å². The molecule has 2 atom stereocenters. The van der Waals surface area contributed by atoms with Gasteiger partial charge in [0.05, 0.1) is 0 Å². The first-order valence-corrected chi connectivity index (χ1v) is 5.00. The van der Waals surface area contributed by atoms with E-state index >= 15 is 0 Å². The summed E-state index contributed by atoms with van der Waals surface area (Å²) in [5.74, 6) is 0.179. The average molecular weight is 194 g/mol. The molecule has 0 aliphatic carbocycles. The molecule has 2 unspecified atom stereocenters. The Hall–Kier alpha value is -0.930. The number of halogens is 1. The van der Waals surface area contributed by atoms with Crippen LogP contribution in [0.3, 0.4) is 0 Å². The zero-order valence-electron chi connectivity index (χ0n) is 8.04. The molecular formula is C11H15FN2. The number of hydrogen-bond donors (Lipinski definition) is 2. The number of nitrogens with one attached hydrogen (secondary N) is 1. The minimum absolute atomic E-state index is 0.175. The van der Waals surface area contributed by atoms with Crippen LogP contribution >= 0.6 is 0 Å². The maximum Gasteiger partial charge on any atom is 0.127 e. The molecule has 1 aliphatic heterocycles. The van der Waals surface area contributed by atoms with Crippen LogP contribution in [0, 0.1) is 11.7 Å². The summed E-state index contributed by atoms with van der Waals surface area (Å²) in [5, 5.41) is 3.24. The van der Waals surface area contributed by atoms with Crippen LogP contribution in [0.1, 0.15) is 18.0 Å². The molecule has 0 amide bonds. The van der Waals surface area contributed by atoms with Crippen LogP contribution in [0.4, 0.5) is 4.39 Å². The van der Waals surface area contributed by atoms with Crippen LogP contribution in [0.25, 0.3) is 0 Å². The van der Waals surface area contributed by atoms with E-state index in [1.54, 1.807) is 12.1 Å². The lowest BCUT2D eigenvalue weighted by Crippen LogP contribution is -2.24. The molecule has 0 radical (unpaired) electrons. The van der Waals surface area contributed by atoms with Crippen molar-refractivity contribution in [1.82, 2.24) is 5.32 Å². The van der Waals surface area contributed by atoms with Crippen molar-refractivity contribution in [2.24, 2.45) is 11.7 Å². The predicted octanol–water partition coefficient (Wildman–Crippen LogP) is 1.44. The zero-order valence-corrected chi connectivity index (χ0v) is 8.04. The molecule has 3 heteroatoms. The van der Waals surface area contributed by atoms with E-state index in [2.05, 4.69) is 5.32 Å². The molecule has 2 nitrogen and oxygen atoms in total. The minimum atomic E-state index is -0.188. The second-order valence-corrected chi connectivity index (χ2v) is 3.80. The molecule has 2 rings (SSSR count). The van der Waals surface area contributed by atoms with Crippen LogP contribution in [0.5, 0.6) is 0 Å². The second-order valence-electron chi connectivity index (χ2n) is 3.80. The summed E-state index contributed by atoms with van der Waals surface area (Å²) in [6, 6.07) is 6.60. The molecule has 1 heterocycles. The Labute approximate surface area is 83.3 Å². The first kappa shape index (κ1) is 9.62. The average Bonchev–Trinajstić information content (AvgIpc) is 2.70. The molecule has 0 spiro atoms. The van der Waals surface area contributed by atoms with Gasteiger partial charge in [-0.1, -0.05) is 18.2 Å². The van der Waals surface area contributed by atoms with Gasteiger partial charge in [0.2, 0.25) is 0 Å². The van der Waals surface area contributed by atoms with E-state index in [9.17, 15) is 4.39 Å². The van der Waals surface area contributed by atoms with E-state index in [1.807, 2.05) is 6.07 Å². The summed E-state index contributed by atoms with van der Waals surface area (Å²) in [5.41, 5.74) is 6.66. The van der Waals surface area contributed by atoms with Crippen molar-refractivity contribution in [3.05, 3.63) is 35.6 Å². The maximum absolute atomic E-state index is 13.4. The van der Waals surface area contributed by atoms with Crippen LogP contribution in [-0.2, 0) is 0 Å². The SMILES string of the molecule is NC(c1ccccc1F)C1CCNC1. The van der Waals surface area contributed by atoms with E-state index in [0.29, 0.717) is 11.5 Å². The van der Waals surface area contributed by atoms with E-state index in [-0.39, 0.29) is 11.9 Å². The quantitative estimate of drug-likeness (QED) is 0.747. The number of rotatable bonds is 2. The standard InChI is InChI=1S/C11H15FN2/c12-10-4-2-1-3-9(10)11(13)8-5-6-14-7-8/h1-4,8,11,14H,5-7,13H2. The van der Waals surface area contributed by atoms with E-state index in [1.165, 1.54) is 6.07 Å². The van der Waals surface area contributed by atoms with Gasteiger partial charge in [-0.2, -0.15) is 0 Å². The molecular weight excluding hydrogens is 179 g/mol. The third-order valence-electron chi connectivity index (χ3n) is 2.87. The fourth-order valence-electron chi connectivity index (χ4n) is 1.98. The highest BCUT2D eigenvalue weighted by atomic mass is 19.1. The topological polar surface area (TPSA) is 38.0 Å². The lowest BCUT2D eigenvalue weighted by Gasteiger charge is -2.18. The maximum atomic E-state index is 13.4. The lowest BCUT2D eigenvalue weighted by atomic mass is 9.93. The Kier molecular flexibility index (Phi) is 2.79. The molecule has 14 heavy (non-hydrogen) atoms. The second kappa shape index (κ2) is 4.07. The number of nitrogens with two attached hydrogens (primary N) is 1. The van der Waals surface area contributed by atoms with Gasteiger partial charge in [-0.3, -0.25) is 0 Å². The molecule has 1 aromatic rings. The molecule has 76 valence electrons. The smallest absolute Gasteiger partial charge is 0.127 e. The van der Waals surface area contributed by atoms with Crippen LogP contribution in [0.2, 0.25) is 0 Å². The number of benzene rings is 1. The van der Waals surface area contributed by atoms with Gasteiger partial charge in [0.15, 0.2) is 0 Å². The van der Waals surface area contributed by atoms with Crippen molar-refractivity contribution in [2.45, 2.75) is 12.5 Å². The van der Waals surface area contributed by atoms with Crippen LogP contribution < -0.4 is 11.1 Å². The fourth-order valence-corrected chi connectivity index (χ4v) is 1.98. The first-order chi connectivity index (χ1) is 6.79. The zero-order chi connectivity index (χ0) is 9.97. The van der Waals surface area contributed by atoms with Gasteiger partial charge in [-0.05, 0) is 31.5 Å². The highest BCUT2D eigenvalue weighted by Crippen LogP contribution is 2.25. The highest BCUT2D eigenvalue weighted by Gasteiger charge is 2.24. The number of hydrogen-bond acceptors (Lipinski definition) is 2. The Morgan fingerprint density at radius 3 is 2.86 bits per heavy atom. The Morgan fingerprint density at radius 1 is 1.43 bits per heavy atom. The molecule has 1 aliphatic rings. The van der Waals surface area contributed by atoms with Crippen molar-refractivity contribution in [2.75, 3.05) is 13.1 Å². The summed E-state index contributed by atoms with van der Waals surface area (Å²) in [4.78, 5) is 0. The van der Waals surface area contributed by atoms with Gasteiger partial charge in [-0.15, -0.1) is 0 Å². The van der Waals surface area contributed by atoms with E-state index in [0.717, 1.165) is 19.5 Å². The van der Waals surface area contributed by atoms with Gasteiger partial charge in [0.25, 0.3) is 0 Å². The van der Waals surface area contributed by atoms with Gasteiger partial charge >= 0.3 is 0 Å². The highest BCUT2D eigenvalue weighted by molar-refractivity contribution is 5.21. The minimum Gasteiger partial charge on any atom is -0.324 e. The summed E-state index contributed by atoms with van der Waals surface area (Å²) in [7, 11) is 0. The van der Waals surface area contributed by atoms with Gasteiger partial charge < -0.3 is 11.1 Å². The summed E-state index contributed by atoms with van der Waals surface area (Å²) in [6.07, 6.45) is 1.04.